The van der Waals surface area contributed by atoms with Crippen molar-refractivity contribution in [2.45, 2.75) is 39.0 Å². The SMILES string of the molecule is Cc1nc(C2CC2)nc2sc(C(=O)N3CCN(CCc4ccccc4)CC3)c(C)c12. The van der Waals surface area contributed by atoms with Crippen molar-refractivity contribution in [2.24, 2.45) is 0 Å². The lowest BCUT2D eigenvalue weighted by atomic mass is 10.1. The maximum Gasteiger partial charge on any atom is 0.264 e. The zero-order chi connectivity index (χ0) is 20.7. The van der Waals surface area contributed by atoms with Crippen molar-refractivity contribution in [2.75, 3.05) is 32.7 Å². The van der Waals surface area contributed by atoms with Crippen LogP contribution in [-0.4, -0.2) is 58.4 Å². The molecule has 0 N–H and O–H groups in total. The molecule has 5 nitrogen and oxygen atoms in total. The van der Waals surface area contributed by atoms with E-state index >= 15 is 0 Å². The molecular formula is C24H28N4OS. The second-order valence-corrected chi connectivity index (χ2v) is 9.55. The highest BCUT2D eigenvalue weighted by Gasteiger charge is 2.30. The number of rotatable bonds is 5. The van der Waals surface area contributed by atoms with E-state index in [0.29, 0.717) is 5.92 Å². The first-order chi connectivity index (χ1) is 14.6. The van der Waals surface area contributed by atoms with Gasteiger partial charge in [0.15, 0.2) is 0 Å². The molecule has 5 rings (SSSR count). The van der Waals surface area contributed by atoms with Crippen LogP contribution in [0, 0.1) is 13.8 Å². The van der Waals surface area contributed by atoms with Crippen LogP contribution in [0.25, 0.3) is 10.2 Å². The third-order valence-electron chi connectivity index (χ3n) is 6.34. The lowest BCUT2D eigenvalue weighted by molar-refractivity contribution is 0.0643. The summed E-state index contributed by atoms with van der Waals surface area (Å²) >= 11 is 1.55. The second kappa shape index (κ2) is 8.08. The molecule has 0 radical (unpaired) electrons. The highest BCUT2D eigenvalue weighted by Crippen LogP contribution is 2.40. The van der Waals surface area contributed by atoms with Crippen LogP contribution in [0.1, 0.15) is 51.1 Å². The lowest BCUT2D eigenvalue weighted by Crippen LogP contribution is -2.49. The molecule has 2 aliphatic rings. The summed E-state index contributed by atoms with van der Waals surface area (Å²) in [6.45, 7) is 8.61. The molecule has 2 fully saturated rings. The van der Waals surface area contributed by atoms with Crippen molar-refractivity contribution in [1.29, 1.82) is 0 Å². The van der Waals surface area contributed by atoms with Crippen LogP contribution in [0.5, 0.6) is 0 Å². The van der Waals surface area contributed by atoms with Gasteiger partial charge in [0.05, 0.1) is 10.6 Å². The summed E-state index contributed by atoms with van der Waals surface area (Å²) in [5, 5.41) is 1.08. The van der Waals surface area contributed by atoms with E-state index < -0.39 is 0 Å². The first-order valence-electron chi connectivity index (χ1n) is 10.9. The molecule has 1 saturated heterocycles. The fourth-order valence-corrected chi connectivity index (χ4v) is 5.54. The van der Waals surface area contributed by atoms with Crippen molar-refractivity contribution in [3.05, 3.63) is 57.9 Å². The fourth-order valence-electron chi connectivity index (χ4n) is 4.34. The van der Waals surface area contributed by atoms with Crippen molar-refractivity contribution in [3.8, 4) is 0 Å². The van der Waals surface area contributed by atoms with E-state index in [1.807, 2.05) is 4.90 Å². The molecule has 2 aromatic heterocycles. The highest BCUT2D eigenvalue weighted by atomic mass is 32.1. The van der Waals surface area contributed by atoms with E-state index in [0.717, 1.165) is 71.3 Å². The number of carbonyl (C=O) groups excluding carboxylic acids is 1. The number of carbonyl (C=O) groups is 1. The molecule has 0 bridgehead atoms. The van der Waals surface area contributed by atoms with E-state index in [2.05, 4.69) is 49.1 Å². The summed E-state index contributed by atoms with van der Waals surface area (Å²) in [5.74, 6) is 1.65. The summed E-state index contributed by atoms with van der Waals surface area (Å²) in [5.41, 5.74) is 3.44. The summed E-state index contributed by atoms with van der Waals surface area (Å²) in [6.07, 6.45) is 3.44. The third-order valence-corrected chi connectivity index (χ3v) is 7.52. The molecule has 3 aromatic rings. The quantitative estimate of drug-likeness (QED) is 0.621. The Kier molecular flexibility index (Phi) is 5.29. The Morgan fingerprint density at radius 3 is 2.50 bits per heavy atom. The van der Waals surface area contributed by atoms with Crippen molar-refractivity contribution in [1.82, 2.24) is 19.8 Å². The van der Waals surface area contributed by atoms with Gasteiger partial charge >= 0.3 is 0 Å². The molecular weight excluding hydrogens is 392 g/mol. The molecule has 1 aliphatic heterocycles. The minimum atomic E-state index is 0.158. The maximum atomic E-state index is 13.3. The van der Waals surface area contributed by atoms with Crippen LogP contribution in [0.2, 0.25) is 0 Å². The Bertz CT molecular complexity index is 1070. The molecule has 3 heterocycles. The Morgan fingerprint density at radius 1 is 1.07 bits per heavy atom. The van der Waals surface area contributed by atoms with Gasteiger partial charge in [0.1, 0.15) is 10.7 Å². The molecule has 156 valence electrons. The summed E-state index contributed by atoms with van der Waals surface area (Å²) in [4.78, 5) is 29.1. The van der Waals surface area contributed by atoms with Crippen LogP contribution in [0.3, 0.4) is 0 Å². The number of piperazine rings is 1. The average molecular weight is 421 g/mol. The zero-order valence-electron chi connectivity index (χ0n) is 17.7. The van der Waals surface area contributed by atoms with E-state index in [1.54, 1.807) is 11.3 Å². The van der Waals surface area contributed by atoms with Crippen LogP contribution in [-0.2, 0) is 6.42 Å². The predicted octanol–water partition coefficient (Wildman–Crippen LogP) is 4.19. The zero-order valence-corrected chi connectivity index (χ0v) is 18.5. The first kappa shape index (κ1) is 19.6. The third kappa shape index (κ3) is 3.86. The van der Waals surface area contributed by atoms with E-state index in [9.17, 15) is 4.79 Å². The molecule has 0 spiro atoms. The van der Waals surface area contributed by atoms with Gasteiger partial charge in [-0.05, 0) is 44.2 Å². The van der Waals surface area contributed by atoms with Crippen molar-refractivity contribution >= 4 is 27.5 Å². The molecule has 1 amide bonds. The van der Waals surface area contributed by atoms with Crippen molar-refractivity contribution in [3.63, 3.8) is 0 Å². The Balaban J connectivity index is 1.26. The standard InChI is InChI=1S/C24H28N4OS/c1-16-20-17(2)25-22(19-8-9-19)26-23(20)30-21(16)24(29)28-14-12-27(13-15-28)11-10-18-6-4-3-5-7-18/h3-7,19H,8-15H2,1-2H3. The fraction of sp³-hybridized carbons (Fsp3) is 0.458. The van der Waals surface area contributed by atoms with E-state index in [1.165, 1.54) is 18.4 Å². The highest BCUT2D eigenvalue weighted by molar-refractivity contribution is 7.20. The Morgan fingerprint density at radius 2 is 1.80 bits per heavy atom. The van der Waals surface area contributed by atoms with Crippen LogP contribution in [0.15, 0.2) is 30.3 Å². The lowest BCUT2D eigenvalue weighted by Gasteiger charge is -2.34. The predicted molar refractivity (Wildman–Crippen MR) is 121 cm³/mol. The normalized spacial score (nSPS) is 17.6. The number of nitrogens with zero attached hydrogens (tertiary/aromatic N) is 4. The van der Waals surface area contributed by atoms with Crippen molar-refractivity contribution < 1.29 is 4.79 Å². The number of aromatic nitrogens is 2. The van der Waals surface area contributed by atoms with E-state index in [4.69, 9.17) is 9.97 Å². The van der Waals surface area contributed by atoms with Gasteiger partial charge in [-0.2, -0.15) is 0 Å². The number of hydrogen-bond donors (Lipinski definition) is 0. The average Bonchev–Trinajstić information content (AvgIpc) is 3.56. The van der Waals surface area contributed by atoms with Gasteiger partial charge in [-0.15, -0.1) is 11.3 Å². The van der Waals surface area contributed by atoms with Gasteiger partial charge in [-0.1, -0.05) is 30.3 Å². The molecule has 1 saturated carbocycles. The minimum absolute atomic E-state index is 0.158. The second-order valence-electron chi connectivity index (χ2n) is 8.55. The van der Waals surface area contributed by atoms with Gasteiger partial charge in [-0.25, -0.2) is 9.97 Å². The van der Waals surface area contributed by atoms with Gasteiger partial charge < -0.3 is 4.90 Å². The Labute approximate surface area is 181 Å². The van der Waals surface area contributed by atoms with Crippen LogP contribution < -0.4 is 0 Å². The molecule has 0 atom stereocenters. The number of benzene rings is 1. The number of thiophene rings is 1. The number of aryl methyl sites for hydroxylation is 2. The van der Waals surface area contributed by atoms with Gasteiger partial charge in [-0.3, -0.25) is 9.69 Å². The first-order valence-corrected chi connectivity index (χ1v) is 11.7. The molecule has 1 aliphatic carbocycles. The summed E-state index contributed by atoms with van der Waals surface area (Å²) in [6, 6.07) is 10.6. The Hall–Kier alpha value is -2.31. The number of hydrogen-bond acceptors (Lipinski definition) is 5. The molecule has 30 heavy (non-hydrogen) atoms. The van der Waals surface area contributed by atoms with Gasteiger partial charge in [0.2, 0.25) is 0 Å². The smallest absolute Gasteiger partial charge is 0.264 e. The van der Waals surface area contributed by atoms with Gasteiger partial charge in [0, 0.05) is 44.0 Å². The molecule has 0 unspecified atom stereocenters. The molecule has 6 heteroatoms. The largest absolute Gasteiger partial charge is 0.335 e. The van der Waals surface area contributed by atoms with Crippen LogP contribution in [0.4, 0.5) is 0 Å². The summed E-state index contributed by atoms with van der Waals surface area (Å²) < 4.78 is 0. The summed E-state index contributed by atoms with van der Waals surface area (Å²) in [7, 11) is 0. The topological polar surface area (TPSA) is 49.3 Å². The van der Waals surface area contributed by atoms with Gasteiger partial charge in [0.25, 0.3) is 5.91 Å². The maximum absolute atomic E-state index is 13.3. The van der Waals surface area contributed by atoms with Crippen LogP contribution >= 0.6 is 11.3 Å². The monoisotopic (exact) mass is 420 g/mol. The minimum Gasteiger partial charge on any atom is -0.335 e. The number of amides is 1. The van der Waals surface area contributed by atoms with E-state index in [-0.39, 0.29) is 5.91 Å². The number of fused-ring (bicyclic) bond motifs is 1. The molecule has 1 aromatic carbocycles.